The molecule has 0 spiro atoms. The maximum atomic E-state index is 11.0. The van der Waals surface area contributed by atoms with Crippen LogP contribution >= 0.6 is 39.1 Å². The quantitative estimate of drug-likeness (QED) is 0.584. The summed E-state index contributed by atoms with van der Waals surface area (Å²) in [5.41, 5.74) is 1.33. The molecule has 2 aromatic carbocycles. The van der Waals surface area contributed by atoms with Gasteiger partial charge in [-0.3, -0.25) is 10.1 Å². The summed E-state index contributed by atoms with van der Waals surface area (Å²) < 4.78 is 0.794. The van der Waals surface area contributed by atoms with Gasteiger partial charge in [0.2, 0.25) is 0 Å². The van der Waals surface area contributed by atoms with Crippen molar-refractivity contribution in [3.8, 4) is 0 Å². The van der Waals surface area contributed by atoms with Crippen LogP contribution in [0.4, 0.5) is 11.4 Å². The molecule has 0 radical (unpaired) electrons. The van der Waals surface area contributed by atoms with Gasteiger partial charge in [0, 0.05) is 33.4 Å². The highest BCUT2D eigenvalue weighted by molar-refractivity contribution is 9.10. The van der Waals surface area contributed by atoms with Crippen molar-refractivity contribution in [2.75, 3.05) is 5.32 Å². The van der Waals surface area contributed by atoms with Gasteiger partial charge in [0.25, 0.3) is 5.69 Å². The molecule has 2 rings (SSSR count). The van der Waals surface area contributed by atoms with Gasteiger partial charge < -0.3 is 5.32 Å². The van der Waals surface area contributed by atoms with Crippen LogP contribution in [0.2, 0.25) is 10.0 Å². The van der Waals surface area contributed by atoms with Crippen LogP contribution in [0.1, 0.15) is 5.56 Å². The van der Waals surface area contributed by atoms with Crippen LogP contribution in [0.3, 0.4) is 0 Å². The van der Waals surface area contributed by atoms with Crippen LogP contribution in [0.15, 0.2) is 40.9 Å². The van der Waals surface area contributed by atoms with E-state index in [0.29, 0.717) is 22.2 Å². The summed E-state index contributed by atoms with van der Waals surface area (Å²) in [6.07, 6.45) is 0. The van der Waals surface area contributed by atoms with E-state index in [1.54, 1.807) is 24.3 Å². The zero-order valence-corrected chi connectivity index (χ0v) is 13.2. The van der Waals surface area contributed by atoms with Crippen LogP contribution in [0.25, 0.3) is 0 Å². The summed E-state index contributed by atoms with van der Waals surface area (Å²) in [6.45, 7) is 0.311. The number of anilines is 1. The van der Waals surface area contributed by atoms with Crippen LogP contribution in [0, 0.1) is 10.1 Å². The van der Waals surface area contributed by atoms with Crippen molar-refractivity contribution in [2.45, 2.75) is 6.54 Å². The second kappa shape index (κ2) is 6.43. The molecule has 0 atom stereocenters. The number of nitrogens with one attached hydrogen (secondary N) is 1. The number of benzene rings is 2. The molecule has 4 nitrogen and oxygen atoms in total. The maximum Gasteiger partial charge on any atom is 0.275 e. The first-order chi connectivity index (χ1) is 9.47. The Balaban J connectivity index is 2.18. The maximum absolute atomic E-state index is 11.0. The van der Waals surface area contributed by atoms with E-state index >= 15 is 0 Å². The van der Waals surface area contributed by atoms with Gasteiger partial charge in [-0.2, -0.15) is 0 Å². The molecule has 7 heteroatoms. The van der Waals surface area contributed by atoms with Gasteiger partial charge in [-0.1, -0.05) is 23.2 Å². The van der Waals surface area contributed by atoms with Crippen molar-refractivity contribution in [3.63, 3.8) is 0 Å². The Labute approximate surface area is 134 Å². The van der Waals surface area contributed by atoms with Gasteiger partial charge >= 0.3 is 0 Å². The molecule has 0 bridgehead atoms. The van der Waals surface area contributed by atoms with Crippen molar-refractivity contribution >= 4 is 50.5 Å². The molecule has 0 amide bonds. The summed E-state index contributed by atoms with van der Waals surface area (Å²) >= 11 is 15.1. The Morgan fingerprint density at radius 1 is 1.20 bits per heavy atom. The van der Waals surface area contributed by atoms with Gasteiger partial charge in [0.05, 0.1) is 9.95 Å². The Bertz CT molecular complexity index is 665. The minimum atomic E-state index is -0.447. The predicted octanol–water partition coefficient (Wildman–Crippen LogP) is 5.28. The standard InChI is InChI=1S/C13H9BrCl2N2O2/c14-11-4-3-10(6-12(11)16)17-7-8-1-2-9(15)5-13(8)18(19)20/h1-6,17H,7H2. The first kappa shape index (κ1) is 15.1. The molecule has 0 aliphatic carbocycles. The lowest BCUT2D eigenvalue weighted by Crippen LogP contribution is -2.03. The van der Waals surface area contributed by atoms with E-state index in [1.807, 2.05) is 6.07 Å². The Hall–Kier alpha value is -1.30. The molecule has 2 aromatic rings. The minimum Gasteiger partial charge on any atom is -0.381 e. The lowest BCUT2D eigenvalue weighted by Gasteiger charge is -2.08. The molecule has 1 N–H and O–H groups in total. The monoisotopic (exact) mass is 374 g/mol. The van der Waals surface area contributed by atoms with E-state index in [9.17, 15) is 10.1 Å². The highest BCUT2D eigenvalue weighted by Crippen LogP contribution is 2.27. The third kappa shape index (κ3) is 3.62. The molecule has 0 saturated carbocycles. The number of nitro groups is 1. The zero-order chi connectivity index (χ0) is 14.7. The fraction of sp³-hybridized carbons (Fsp3) is 0.0769. The van der Waals surface area contributed by atoms with Crippen molar-refractivity contribution in [1.82, 2.24) is 0 Å². The van der Waals surface area contributed by atoms with Crippen LogP contribution in [-0.2, 0) is 6.54 Å². The van der Waals surface area contributed by atoms with E-state index < -0.39 is 4.92 Å². The molecule has 0 heterocycles. The molecular formula is C13H9BrCl2N2O2. The normalized spacial score (nSPS) is 10.3. The molecule has 0 saturated heterocycles. The van der Waals surface area contributed by atoms with E-state index in [1.165, 1.54) is 6.07 Å². The van der Waals surface area contributed by atoms with E-state index in [0.717, 1.165) is 10.2 Å². The molecule has 0 aromatic heterocycles. The fourth-order valence-electron chi connectivity index (χ4n) is 1.66. The van der Waals surface area contributed by atoms with Crippen molar-refractivity contribution < 1.29 is 4.92 Å². The second-order valence-corrected chi connectivity index (χ2v) is 5.71. The second-order valence-electron chi connectivity index (χ2n) is 4.01. The number of rotatable bonds is 4. The number of hydrogen-bond acceptors (Lipinski definition) is 3. The van der Waals surface area contributed by atoms with Gasteiger partial charge in [-0.25, -0.2) is 0 Å². The third-order valence-corrected chi connectivity index (χ3v) is 4.11. The lowest BCUT2D eigenvalue weighted by atomic mass is 10.1. The summed E-state index contributed by atoms with van der Waals surface area (Å²) in [5.74, 6) is 0. The van der Waals surface area contributed by atoms with Crippen molar-refractivity contribution in [1.29, 1.82) is 0 Å². The number of nitro benzene ring substituents is 1. The molecule has 104 valence electrons. The van der Waals surface area contributed by atoms with Gasteiger partial charge in [-0.05, 0) is 46.3 Å². The van der Waals surface area contributed by atoms with Crippen molar-refractivity contribution in [3.05, 3.63) is 66.6 Å². The summed E-state index contributed by atoms with van der Waals surface area (Å²) in [5, 5.41) is 15.0. The SMILES string of the molecule is O=[N+]([O-])c1cc(Cl)ccc1CNc1ccc(Br)c(Cl)c1. The average Bonchev–Trinajstić information content (AvgIpc) is 2.41. The first-order valence-electron chi connectivity index (χ1n) is 5.59. The number of hydrogen-bond donors (Lipinski definition) is 1. The fourth-order valence-corrected chi connectivity index (χ4v) is 2.25. The van der Waals surface area contributed by atoms with Crippen LogP contribution in [0.5, 0.6) is 0 Å². The molecule has 0 unspecified atom stereocenters. The Morgan fingerprint density at radius 2 is 1.95 bits per heavy atom. The zero-order valence-electron chi connectivity index (χ0n) is 10.1. The third-order valence-electron chi connectivity index (χ3n) is 2.65. The van der Waals surface area contributed by atoms with Crippen LogP contribution in [-0.4, -0.2) is 4.92 Å². The van der Waals surface area contributed by atoms with Gasteiger partial charge in [0.1, 0.15) is 0 Å². The molecule has 0 fully saturated rings. The predicted molar refractivity (Wildman–Crippen MR) is 84.6 cm³/mol. The Morgan fingerprint density at radius 3 is 2.60 bits per heavy atom. The molecule has 0 aliphatic rings. The average molecular weight is 376 g/mol. The molecule has 0 aliphatic heterocycles. The lowest BCUT2D eigenvalue weighted by molar-refractivity contribution is -0.385. The molecule has 20 heavy (non-hydrogen) atoms. The smallest absolute Gasteiger partial charge is 0.275 e. The highest BCUT2D eigenvalue weighted by Gasteiger charge is 2.13. The first-order valence-corrected chi connectivity index (χ1v) is 7.14. The summed E-state index contributed by atoms with van der Waals surface area (Å²) in [6, 6.07) is 9.98. The molecular weight excluding hydrogens is 367 g/mol. The summed E-state index contributed by atoms with van der Waals surface area (Å²) in [4.78, 5) is 10.5. The van der Waals surface area contributed by atoms with E-state index in [-0.39, 0.29) is 5.69 Å². The van der Waals surface area contributed by atoms with Gasteiger partial charge in [-0.15, -0.1) is 0 Å². The van der Waals surface area contributed by atoms with Gasteiger partial charge in [0.15, 0.2) is 0 Å². The van der Waals surface area contributed by atoms with Crippen molar-refractivity contribution in [2.24, 2.45) is 0 Å². The van der Waals surface area contributed by atoms with Crippen LogP contribution < -0.4 is 5.32 Å². The Kier molecular flexibility index (Phi) is 4.86. The number of halogens is 3. The van der Waals surface area contributed by atoms with E-state index in [2.05, 4.69) is 21.2 Å². The highest BCUT2D eigenvalue weighted by atomic mass is 79.9. The summed E-state index contributed by atoms with van der Waals surface area (Å²) in [7, 11) is 0. The largest absolute Gasteiger partial charge is 0.381 e. The minimum absolute atomic E-state index is 0.00629. The van der Waals surface area contributed by atoms with E-state index in [4.69, 9.17) is 23.2 Å². The number of nitrogens with zero attached hydrogens (tertiary/aromatic N) is 1. The topological polar surface area (TPSA) is 55.2 Å².